The molecule has 0 unspecified atom stereocenters. The number of aryl methyl sites for hydroxylation is 2. The van der Waals surface area contributed by atoms with Gasteiger partial charge < -0.3 is 10.2 Å². The van der Waals surface area contributed by atoms with Gasteiger partial charge >= 0.3 is 0 Å². The number of hydrogen-bond donors (Lipinski definition) is 1. The van der Waals surface area contributed by atoms with Crippen LogP contribution in [0.1, 0.15) is 37.7 Å². The molecular formula is C24H28N4O2. The lowest BCUT2D eigenvalue weighted by Gasteiger charge is -2.25. The molecule has 1 N–H and O–H groups in total. The van der Waals surface area contributed by atoms with E-state index in [4.69, 9.17) is 0 Å². The Morgan fingerprint density at radius 3 is 2.60 bits per heavy atom. The maximum absolute atomic E-state index is 12.7. The number of fused-ring (bicyclic) bond motifs is 1. The number of amides is 1. The van der Waals surface area contributed by atoms with Gasteiger partial charge in [-0.05, 0) is 43.5 Å². The van der Waals surface area contributed by atoms with Gasteiger partial charge in [-0.2, -0.15) is 0 Å². The first-order valence-electron chi connectivity index (χ1n) is 10.7. The minimum atomic E-state index is -0.110. The van der Waals surface area contributed by atoms with E-state index in [9.17, 15) is 9.59 Å². The highest BCUT2D eigenvalue weighted by atomic mass is 16.2. The lowest BCUT2D eigenvalue weighted by molar-refractivity contribution is -0.116. The number of carbonyl (C=O) groups is 1. The summed E-state index contributed by atoms with van der Waals surface area (Å²) in [5.41, 5.74) is 3.49. The molecule has 0 radical (unpaired) electrons. The summed E-state index contributed by atoms with van der Waals surface area (Å²) in [6.45, 7) is 4.27. The van der Waals surface area contributed by atoms with Crippen LogP contribution >= 0.6 is 0 Å². The maximum atomic E-state index is 12.7. The fourth-order valence-electron chi connectivity index (χ4n) is 4.10. The molecule has 0 spiro atoms. The molecule has 6 nitrogen and oxygen atoms in total. The summed E-state index contributed by atoms with van der Waals surface area (Å²) < 4.78 is 1.52. The van der Waals surface area contributed by atoms with Crippen LogP contribution in [0.3, 0.4) is 0 Å². The quantitative estimate of drug-likeness (QED) is 0.695. The lowest BCUT2D eigenvalue weighted by Crippen LogP contribution is -2.26. The number of benzene rings is 2. The predicted octanol–water partition coefficient (Wildman–Crippen LogP) is 4.11. The van der Waals surface area contributed by atoms with Crippen molar-refractivity contribution >= 4 is 28.2 Å². The van der Waals surface area contributed by atoms with Gasteiger partial charge in [-0.1, -0.05) is 37.1 Å². The van der Waals surface area contributed by atoms with Crippen LogP contribution in [-0.2, 0) is 11.3 Å². The molecule has 1 fully saturated rings. The van der Waals surface area contributed by atoms with Gasteiger partial charge in [0.2, 0.25) is 5.91 Å². The van der Waals surface area contributed by atoms with Crippen molar-refractivity contribution in [3.8, 4) is 0 Å². The fourth-order valence-corrected chi connectivity index (χ4v) is 4.10. The Balaban J connectivity index is 1.45. The standard InChI is InChI=1S/C24H28N4O2/c1-18-9-8-10-19-23(18)25-17-28(24(19)30)16-13-22(29)26-20-11-4-5-12-21(20)27-14-6-2-3-7-15-27/h4-5,8-12,17H,2-3,6-7,13-16H2,1H3,(H,26,29). The van der Waals surface area contributed by atoms with E-state index in [2.05, 4.69) is 21.3 Å². The van der Waals surface area contributed by atoms with E-state index >= 15 is 0 Å². The first kappa shape index (κ1) is 20.1. The van der Waals surface area contributed by atoms with Crippen LogP contribution in [0.5, 0.6) is 0 Å². The molecule has 1 aliphatic rings. The highest BCUT2D eigenvalue weighted by Crippen LogP contribution is 2.28. The number of nitrogens with one attached hydrogen (secondary N) is 1. The van der Waals surface area contributed by atoms with Crippen LogP contribution in [-0.4, -0.2) is 28.5 Å². The number of carbonyl (C=O) groups excluding carboxylic acids is 1. The Morgan fingerprint density at radius 2 is 1.80 bits per heavy atom. The topological polar surface area (TPSA) is 67.2 Å². The van der Waals surface area contributed by atoms with Crippen LogP contribution in [0.25, 0.3) is 10.9 Å². The van der Waals surface area contributed by atoms with Crippen LogP contribution in [0, 0.1) is 6.92 Å². The molecule has 156 valence electrons. The number of hydrogen-bond acceptors (Lipinski definition) is 4. The highest BCUT2D eigenvalue weighted by Gasteiger charge is 2.15. The SMILES string of the molecule is Cc1cccc2c(=O)n(CCC(=O)Nc3ccccc3N3CCCCCC3)cnc12. The monoisotopic (exact) mass is 404 g/mol. The number of rotatable bonds is 5. The van der Waals surface area contributed by atoms with E-state index < -0.39 is 0 Å². The van der Waals surface area contributed by atoms with Gasteiger partial charge in [-0.25, -0.2) is 4.98 Å². The number of aromatic nitrogens is 2. The van der Waals surface area contributed by atoms with Crippen molar-refractivity contribution < 1.29 is 4.79 Å². The number of nitrogens with zero attached hydrogens (tertiary/aromatic N) is 3. The van der Waals surface area contributed by atoms with Gasteiger partial charge in [0.25, 0.3) is 5.56 Å². The maximum Gasteiger partial charge on any atom is 0.261 e. The van der Waals surface area contributed by atoms with E-state index in [1.165, 1.54) is 36.6 Å². The van der Waals surface area contributed by atoms with Gasteiger partial charge in [-0.3, -0.25) is 14.2 Å². The molecule has 1 aromatic heterocycles. The minimum absolute atomic E-state index is 0.103. The molecule has 0 bridgehead atoms. The molecule has 1 saturated heterocycles. The lowest BCUT2D eigenvalue weighted by atomic mass is 10.1. The molecule has 3 aromatic rings. The molecule has 0 saturated carbocycles. The summed E-state index contributed by atoms with van der Waals surface area (Å²) in [7, 11) is 0. The van der Waals surface area contributed by atoms with Crippen molar-refractivity contribution in [3.05, 3.63) is 64.7 Å². The van der Waals surface area contributed by atoms with E-state index in [0.717, 1.165) is 35.5 Å². The molecule has 1 aliphatic heterocycles. The van der Waals surface area contributed by atoms with Gasteiger partial charge in [0, 0.05) is 26.1 Å². The van der Waals surface area contributed by atoms with E-state index in [1.54, 1.807) is 6.07 Å². The molecule has 2 aromatic carbocycles. The Labute approximate surface area is 176 Å². The Kier molecular flexibility index (Phi) is 6.12. The van der Waals surface area contributed by atoms with Gasteiger partial charge in [-0.15, -0.1) is 0 Å². The number of anilines is 2. The van der Waals surface area contributed by atoms with Crippen molar-refractivity contribution in [1.82, 2.24) is 9.55 Å². The van der Waals surface area contributed by atoms with Gasteiger partial charge in [0.15, 0.2) is 0 Å². The Bertz CT molecular complexity index is 1100. The Morgan fingerprint density at radius 1 is 1.03 bits per heavy atom. The van der Waals surface area contributed by atoms with E-state index in [0.29, 0.717) is 11.9 Å². The second-order valence-corrected chi connectivity index (χ2v) is 7.93. The second-order valence-electron chi connectivity index (χ2n) is 7.93. The molecule has 1 amide bonds. The Hall–Kier alpha value is -3.15. The molecular weight excluding hydrogens is 376 g/mol. The van der Waals surface area contributed by atoms with Gasteiger partial charge in [0.05, 0.1) is 28.6 Å². The first-order chi connectivity index (χ1) is 14.6. The number of para-hydroxylation sites is 3. The molecule has 30 heavy (non-hydrogen) atoms. The summed E-state index contributed by atoms with van der Waals surface area (Å²) in [5, 5.41) is 3.64. The molecule has 0 aliphatic carbocycles. The molecule has 6 heteroatoms. The average molecular weight is 405 g/mol. The summed E-state index contributed by atoms with van der Waals surface area (Å²) in [6, 6.07) is 13.6. The normalized spacial score (nSPS) is 14.5. The zero-order valence-electron chi connectivity index (χ0n) is 17.4. The third-order valence-corrected chi connectivity index (χ3v) is 5.76. The fraction of sp³-hybridized carbons (Fsp3) is 0.375. The second kappa shape index (κ2) is 9.11. The smallest absolute Gasteiger partial charge is 0.261 e. The average Bonchev–Trinajstić information content (AvgIpc) is 3.04. The van der Waals surface area contributed by atoms with Crippen LogP contribution in [0.15, 0.2) is 53.6 Å². The van der Waals surface area contributed by atoms with Crippen molar-refractivity contribution in [3.63, 3.8) is 0 Å². The third kappa shape index (κ3) is 4.37. The van der Waals surface area contributed by atoms with Crippen molar-refractivity contribution in [2.24, 2.45) is 0 Å². The van der Waals surface area contributed by atoms with E-state index in [1.807, 2.05) is 37.3 Å². The van der Waals surface area contributed by atoms with Crippen LogP contribution in [0.4, 0.5) is 11.4 Å². The summed E-state index contributed by atoms with van der Waals surface area (Å²) >= 11 is 0. The largest absolute Gasteiger partial charge is 0.370 e. The zero-order chi connectivity index (χ0) is 20.9. The van der Waals surface area contributed by atoms with Crippen molar-refractivity contribution in [1.29, 1.82) is 0 Å². The molecule has 0 atom stereocenters. The third-order valence-electron chi connectivity index (χ3n) is 5.76. The first-order valence-corrected chi connectivity index (χ1v) is 10.7. The van der Waals surface area contributed by atoms with Crippen LogP contribution < -0.4 is 15.8 Å². The molecule has 2 heterocycles. The van der Waals surface area contributed by atoms with Crippen LogP contribution in [0.2, 0.25) is 0 Å². The predicted molar refractivity (Wildman–Crippen MR) is 121 cm³/mol. The van der Waals surface area contributed by atoms with Crippen molar-refractivity contribution in [2.75, 3.05) is 23.3 Å². The molecule has 4 rings (SSSR count). The minimum Gasteiger partial charge on any atom is -0.370 e. The van der Waals surface area contributed by atoms with E-state index in [-0.39, 0.29) is 17.9 Å². The highest BCUT2D eigenvalue weighted by molar-refractivity contribution is 5.94. The summed E-state index contributed by atoms with van der Waals surface area (Å²) in [6.07, 6.45) is 6.64. The van der Waals surface area contributed by atoms with Crippen molar-refractivity contribution in [2.45, 2.75) is 45.6 Å². The van der Waals surface area contributed by atoms with Gasteiger partial charge in [0.1, 0.15) is 0 Å². The summed E-state index contributed by atoms with van der Waals surface area (Å²) in [4.78, 5) is 32.2. The summed E-state index contributed by atoms with van der Waals surface area (Å²) in [5.74, 6) is -0.103. The zero-order valence-corrected chi connectivity index (χ0v) is 17.4.